The van der Waals surface area contributed by atoms with Crippen molar-refractivity contribution in [1.29, 1.82) is 0 Å². The van der Waals surface area contributed by atoms with Gasteiger partial charge in [0.2, 0.25) is 0 Å². The van der Waals surface area contributed by atoms with Crippen LogP contribution in [0.5, 0.6) is 0 Å². The van der Waals surface area contributed by atoms with Gasteiger partial charge in [-0.3, -0.25) is 4.79 Å². The van der Waals surface area contributed by atoms with Crippen LogP contribution in [0.3, 0.4) is 0 Å². The molecule has 114 valence electrons. The quantitative estimate of drug-likeness (QED) is 0.380. The van der Waals surface area contributed by atoms with Crippen molar-refractivity contribution in [2.45, 2.75) is 71.7 Å². The van der Waals surface area contributed by atoms with Gasteiger partial charge in [0.1, 0.15) is 6.10 Å². The van der Waals surface area contributed by atoms with E-state index in [4.69, 9.17) is 9.47 Å². The second-order valence-electron chi connectivity index (χ2n) is 5.79. The number of allylic oxidation sites excluding steroid dienone is 3. The van der Waals surface area contributed by atoms with Crippen LogP contribution >= 0.6 is 0 Å². The smallest absolute Gasteiger partial charge is 0.163 e. The number of Topliss-reactive ketones (excluding diaryl/α,β-unsaturated/α-hetero) is 1. The molecule has 20 heavy (non-hydrogen) atoms. The third kappa shape index (κ3) is 6.49. The molecule has 1 atom stereocenters. The van der Waals surface area contributed by atoms with Crippen molar-refractivity contribution in [3.05, 3.63) is 23.8 Å². The zero-order chi connectivity index (χ0) is 15.0. The predicted octanol–water partition coefficient (Wildman–Crippen LogP) is 4.18. The van der Waals surface area contributed by atoms with Crippen molar-refractivity contribution >= 4 is 5.78 Å². The second-order valence-corrected chi connectivity index (χ2v) is 5.79. The maximum Gasteiger partial charge on any atom is 0.163 e. The predicted molar refractivity (Wildman–Crippen MR) is 81.6 cm³/mol. The summed E-state index contributed by atoms with van der Waals surface area (Å²) in [6, 6.07) is 0. The number of hydrogen-bond acceptors (Lipinski definition) is 3. The Labute approximate surface area is 123 Å². The molecule has 1 aliphatic heterocycles. The van der Waals surface area contributed by atoms with Crippen LogP contribution < -0.4 is 0 Å². The Hall–Kier alpha value is -0.930. The van der Waals surface area contributed by atoms with Gasteiger partial charge in [-0.2, -0.15) is 0 Å². The molecular formula is C17H28O3. The second kappa shape index (κ2) is 8.38. The van der Waals surface area contributed by atoms with Crippen molar-refractivity contribution in [3.63, 3.8) is 0 Å². The van der Waals surface area contributed by atoms with Crippen molar-refractivity contribution in [2.75, 3.05) is 6.61 Å². The van der Waals surface area contributed by atoms with Gasteiger partial charge in [-0.15, -0.1) is 0 Å². The number of ketones is 1. The van der Waals surface area contributed by atoms with E-state index in [0.717, 1.165) is 12.0 Å². The number of carbonyl (C=O) groups is 1. The molecule has 0 radical (unpaired) electrons. The minimum absolute atomic E-state index is 0.108. The van der Waals surface area contributed by atoms with Crippen molar-refractivity contribution in [2.24, 2.45) is 0 Å². The first-order chi connectivity index (χ1) is 9.44. The lowest BCUT2D eigenvalue weighted by Crippen LogP contribution is -2.21. The molecule has 1 aliphatic rings. The largest absolute Gasteiger partial charge is 0.347 e. The van der Waals surface area contributed by atoms with Gasteiger partial charge in [0.05, 0.1) is 6.61 Å². The van der Waals surface area contributed by atoms with E-state index in [1.807, 2.05) is 19.9 Å². The molecule has 3 heteroatoms. The normalized spacial score (nSPS) is 22.6. The van der Waals surface area contributed by atoms with Crippen LogP contribution in [-0.4, -0.2) is 24.3 Å². The highest BCUT2D eigenvalue weighted by atomic mass is 16.7. The summed E-state index contributed by atoms with van der Waals surface area (Å²) in [6.07, 6.45) is 11.6. The minimum atomic E-state index is -0.543. The van der Waals surface area contributed by atoms with E-state index >= 15 is 0 Å². The molecule has 0 aromatic heterocycles. The third-order valence-electron chi connectivity index (χ3n) is 3.35. The van der Waals surface area contributed by atoms with E-state index in [1.54, 1.807) is 6.92 Å². The average molecular weight is 280 g/mol. The molecule has 0 N–H and O–H groups in total. The summed E-state index contributed by atoms with van der Waals surface area (Å²) in [5.74, 6) is -0.435. The van der Waals surface area contributed by atoms with E-state index in [1.165, 1.54) is 19.3 Å². The van der Waals surface area contributed by atoms with Crippen LogP contribution in [-0.2, 0) is 14.3 Å². The summed E-state index contributed by atoms with van der Waals surface area (Å²) < 4.78 is 11.2. The first-order valence-corrected chi connectivity index (χ1v) is 7.63. The number of ether oxygens (including phenoxy) is 2. The standard InChI is InChI=1S/C17H28O3/c1-5-6-7-8-9-10-11-15(14(2)18)12-16-13-19-17(3,4)20-16/h9-10,12,16H,5-8,11,13H2,1-4H3/b10-9-,15-12+/t16-/m0/s1. The third-order valence-corrected chi connectivity index (χ3v) is 3.35. The summed E-state index contributed by atoms with van der Waals surface area (Å²) in [4.78, 5) is 11.7. The average Bonchev–Trinajstić information content (AvgIpc) is 2.71. The summed E-state index contributed by atoms with van der Waals surface area (Å²) >= 11 is 0. The molecule has 0 unspecified atom stereocenters. The van der Waals surface area contributed by atoms with Crippen LogP contribution in [0.25, 0.3) is 0 Å². The molecular weight excluding hydrogens is 252 g/mol. The summed E-state index contributed by atoms with van der Waals surface area (Å²) in [6.45, 7) is 8.11. The molecule has 0 aromatic carbocycles. The highest BCUT2D eigenvalue weighted by Crippen LogP contribution is 2.24. The van der Waals surface area contributed by atoms with E-state index in [-0.39, 0.29) is 11.9 Å². The Morgan fingerprint density at radius 1 is 1.30 bits per heavy atom. The van der Waals surface area contributed by atoms with Gasteiger partial charge in [0, 0.05) is 0 Å². The Kier molecular flexibility index (Phi) is 7.17. The number of rotatable bonds is 8. The Morgan fingerprint density at radius 2 is 2.05 bits per heavy atom. The highest BCUT2D eigenvalue weighted by molar-refractivity contribution is 5.93. The van der Waals surface area contributed by atoms with Crippen molar-refractivity contribution < 1.29 is 14.3 Å². The Balaban J connectivity index is 2.46. The van der Waals surface area contributed by atoms with Gasteiger partial charge in [-0.05, 0) is 51.7 Å². The highest BCUT2D eigenvalue weighted by Gasteiger charge is 2.31. The van der Waals surface area contributed by atoms with E-state index in [9.17, 15) is 4.79 Å². The fourth-order valence-electron chi connectivity index (χ4n) is 2.19. The maximum absolute atomic E-state index is 11.7. The lowest BCUT2D eigenvalue weighted by atomic mass is 10.1. The molecule has 0 saturated carbocycles. The number of hydrogen-bond donors (Lipinski definition) is 0. The fraction of sp³-hybridized carbons (Fsp3) is 0.706. The molecule has 0 spiro atoms. The SMILES string of the molecule is CCCCC/C=C\C/C(=C\[C@H]1COC(C)(C)O1)C(C)=O. The molecule has 1 fully saturated rings. The van der Waals surface area contributed by atoms with Crippen molar-refractivity contribution in [3.8, 4) is 0 Å². The molecule has 0 bridgehead atoms. The van der Waals surface area contributed by atoms with Gasteiger partial charge in [0.15, 0.2) is 11.6 Å². The molecule has 1 heterocycles. The zero-order valence-electron chi connectivity index (χ0n) is 13.3. The van der Waals surface area contributed by atoms with Crippen LogP contribution in [0.4, 0.5) is 0 Å². The summed E-state index contributed by atoms with van der Waals surface area (Å²) in [5, 5.41) is 0. The monoisotopic (exact) mass is 280 g/mol. The van der Waals surface area contributed by atoms with Crippen LogP contribution in [0.2, 0.25) is 0 Å². The topological polar surface area (TPSA) is 35.5 Å². The van der Waals surface area contributed by atoms with E-state index < -0.39 is 5.79 Å². The molecule has 0 amide bonds. The Morgan fingerprint density at radius 3 is 2.60 bits per heavy atom. The van der Waals surface area contributed by atoms with Crippen LogP contribution in [0.1, 0.15) is 59.8 Å². The Bertz CT molecular complexity index is 366. The van der Waals surface area contributed by atoms with Gasteiger partial charge >= 0.3 is 0 Å². The summed E-state index contributed by atoms with van der Waals surface area (Å²) in [7, 11) is 0. The van der Waals surface area contributed by atoms with E-state index in [0.29, 0.717) is 13.0 Å². The molecule has 3 nitrogen and oxygen atoms in total. The first kappa shape index (κ1) is 17.1. The molecule has 0 aromatic rings. The molecule has 1 rings (SSSR count). The first-order valence-electron chi connectivity index (χ1n) is 7.63. The van der Waals surface area contributed by atoms with Gasteiger partial charge in [0.25, 0.3) is 0 Å². The fourth-order valence-corrected chi connectivity index (χ4v) is 2.19. The minimum Gasteiger partial charge on any atom is -0.347 e. The lowest BCUT2D eigenvalue weighted by Gasteiger charge is -2.16. The number of unbranched alkanes of at least 4 members (excludes halogenated alkanes) is 3. The van der Waals surface area contributed by atoms with Gasteiger partial charge < -0.3 is 9.47 Å². The van der Waals surface area contributed by atoms with Crippen molar-refractivity contribution in [1.82, 2.24) is 0 Å². The number of carbonyl (C=O) groups excluding carboxylic acids is 1. The lowest BCUT2D eigenvalue weighted by molar-refractivity contribution is -0.133. The van der Waals surface area contributed by atoms with Crippen LogP contribution in [0, 0.1) is 0 Å². The zero-order valence-corrected chi connectivity index (χ0v) is 13.3. The molecule has 0 aliphatic carbocycles. The maximum atomic E-state index is 11.7. The molecule has 1 saturated heterocycles. The van der Waals surface area contributed by atoms with Crippen LogP contribution in [0.15, 0.2) is 23.8 Å². The summed E-state index contributed by atoms with van der Waals surface area (Å²) in [5.41, 5.74) is 0.808. The van der Waals surface area contributed by atoms with Gasteiger partial charge in [-0.1, -0.05) is 31.9 Å². The van der Waals surface area contributed by atoms with E-state index in [2.05, 4.69) is 19.1 Å². The van der Waals surface area contributed by atoms with Gasteiger partial charge in [-0.25, -0.2) is 0 Å².